The zero-order valence-corrected chi connectivity index (χ0v) is 10.7. The Hall–Kier alpha value is -2.06. The summed E-state index contributed by atoms with van der Waals surface area (Å²) in [5.74, 6) is -1.33. The molecule has 1 aliphatic rings. The zero-order chi connectivity index (χ0) is 13.7. The monoisotopic (exact) mass is 259 g/mol. The van der Waals surface area contributed by atoms with Gasteiger partial charge in [-0.1, -0.05) is 12.1 Å². The van der Waals surface area contributed by atoms with Crippen LogP contribution in [0.5, 0.6) is 0 Å². The summed E-state index contributed by atoms with van der Waals surface area (Å²) in [6.45, 7) is 3.28. The number of morpholine rings is 1. The normalized spacial score (nSPS) is 16.7. The third-order valence-electron chi connectivity index (χ3n) is 3.25. The van der Waals surface area contributed by atoms with Gasteiger partial charge >= 0.3 is 0 Å². The van der Waals surface area contributed by atoms with Crippen LogP contribution in [-0.4, -0.2) is 32.2 Å². The average Bonchev–Trinajstić information content (AvgIpc) is 2.46. The molecule has 1 fully saturated rings. The van der Waals surface area contributed by atoms with Gasteiger partial charge in [-0.2, -0.15) is 5.26 Å². The molecule has 1 amide bonds. The fourth-order valence-corrected chi connectivity index (χ4v) is 2.11. The van der Waals surface area contributed by atoms with Crippen molar-refractivity contribution in [3.8, 4) is 6.07 Å². The second-order valence-corrected chi connectivity index (χ2v) is 4.55. The summed E-state index contributed by atoms with van der Waals surface area (Å²) >= 11 is 0. The molecule has 0 radical (unpaired) electrons. The van der Waals surface area contributed by atoms with Crippen LogP contribution < -0.4 is 10.6 Å². The zero-order valence-electron chi connectivity index (χ0n) is 10.7. The predicted molar refractivity (Wildman–Crippen MR) is 71.5 cm³/mol. The van der Waals surface area contributed by atoms with Gasteiger partial charge in [0.25, 0.3) is 0 Å². The van der Waals surface area contributed by atoms with Gasteiger partial charge in [0.2, 0.25) is 5.91 Å². The lowest BCUT2D eigenvalue weighted by atomic mass is 10.00. The Morgan fingerprint density at radius 3 is 2.53 bits per heavy atom. The third kappa shape index (κ3) is 3.46. The minimum absolute atomic E-state index is 0.370. The van der Waals surface area contributed by atoms with Gasteiger partial charge in [0, 0.05) is 18.8 Å². The minimum Gasteiger partial charge on any atom is -0.378 e. The molecule has 100 valence electrons. The van der Waals surface area contributed by atoms with Crippen LogP contribution in [0, 0.1) is 17.2 Å². The average molecular weight is 259 g/mol. The molecule has 5 nitrogen and oxygen atoms in total. The van der Waals surface area contributed by atoms with Crippen LogP contribution in [0.2, 0.25) is 0 Å². The van der Waals surface area contributed by atoms with E-state index in [0.717, 1.165) is 37.6 Å². The molecule has 1 atom stereocenters. The highest BCUT2D eigenvalue weighted by molar-refractivity contribution is 5.79. The highest BCUT2D eigenvalue weighted by atomic mass is 16.5. The first-order chi connectivity index (χ1) is 9.20. The number of carbonyl (C=O) groups excluding carboxylic acids is 1. The van der Waals surface area contributed by atoms with Crippen LogP contribution in [0.4, 0.5) is 5.69 Å². The van der Waals surface area contributed by atoms with Gasteiger partial charge in [-0.25, -0.2) is 0 Å². The van der Waals surface area contributed by atoms with E-state index in [2.05, 4.69) is 4.90 Å². The molecule has 0 saturated carbocycles. The third-order valence-corrected chi connectivity index (χ3v) is 3.25. The largest absolute Gasteiger partial charge is 0.378 e. The molecule has 5 heteroatoms. The van der Waals surface area contributed by atoms with Gasteiger partial charge in [-0.05, 0) is 24.1 Å². The first-order valence-corrected chi connectivity index (χ1v) is 6.31. The van der Waals surface area contributed by atoms with Gasteiger partial charge < -0.3 is 15.4 Å². The lowest BCUT2D eigenvalue weighted by Gasteiger charge is -2.28. The number of primary amides is 1. The minimum atomic E-state index is -0.755. The van der Waals surface area contributed by atoms with E-state index in [-0.39, 0.29) is 0 Å². The van der Waals surface area contributed by atoms with Crippen molar-refractivity contribution in [2.45, 2.75) is 6.42 Å². The summed E-state index contributed by atoms with van der Waals surface area (Å²) in [5, 5.41) is 8.84. The van der Waals surface area contributed by atoms with Crippen LogP contribution >= 0.6 is 0 Å². The van der Waals surface area contributed by atoms with Gasteiger partial charge in [-0.15, -0.1) is 0 Å². The molecule has 1 aliphatic heterocycles. The maximum absolute atomic E-state index is 11.0. The lowest BCUT2D eigenvalue weighted by molar-refractivity contribution is -0.120. The quantitative estimate of drug-likeness (QED) is 0.862. The molecule has 1 aromatic rings. The Labute approximate surface area is 112 Å². The number of carbonyl (C=O) groups is 1. The Morgan fingerprint density at radius 2 is 2.00 bits per heavy atom. The number of hydrogen-bond donors (Lipinski definition) is 1. The number of amides is 1. The number of ether oxygens (including phenoxy) is 1. The Morgan fingerprint density at radius 1 is 1.37 bits per heavy atom. The maximum atomic E-state index is 11.0. The molecule has 19 heavy (non-hydrogen) atoms. The molecule has 1 heterocycles. The van der Waals surface area contributed by atoms with E-state index in [1.165, 1.54) is 0 Å². The van der Waals surface area contributed by atoms with Crippen molar-refractivity contribution in [3.63, 3.8) is 0 Å². The number of nitrogens with two attached hydrogens (primary N) is 1. The first-order valence-electron chi connectivity index (χ1n) is 6.31. The van der Waals surface area contributed by atoms with E-state index in [9.17, 15) is 4.79 Å². The first kappa shape index (κ1) is 13.4. The van der Waals surface area contributed by atoms with Crippen molar-refractivity contribution in [1.29, 1.82) is 5.26 Å². The number of nitrogens with zero attached hydrogens (tertiary/aromatic N) is 2. The highest BCUT2D eigenvalue weighted by Crippen LogP contribution is 2.18. The number of hydrogen-bond acceptors (Lipinski definition) is 4. The van der Waals surface area contributed by atoms with E-state index in [1.54, 1.807) is 0 Å². The van der Waals surface area contributed by atoms with Crippen LogP contribution in [0.3, 0.4) is 0 Å². The van der Waals surface area contributed by atoms with E-state index in [1.807, 2.05) is 30.3 Å². The van der Waals surface area contributed by atoms with Gasteiger partial charge in [0.1, 0.15) is 5.92 Å². The summed E-state index contributed by atoms with van der Waals surface area (Å²) in [6.07, 6.45) is 0.370. The summed E-state index contributed by atoms with van der Waals surface area (Å²) in [6, 6.07) is 9.83. The highest BCUT2D eigenvalue weighted by Gasteiger charge is 2.15. The van der Waals surface area contributed by atoms with Crippen LogP contribution in [0.1, 0.15) is 5.56 Å². The van der Waals surface area contributed by atoms with Gasteiger partial charge in [-0.3, -0.25) is 4.79 Å². The fourth-order valence-electron chi connectivity index (χ4n) is 2.11. The summed E-state index contributed by atoms with van der Waals surface area (Å²) in [4.78, 5) is 13.3. The van der Waals surface area contributed by atoms with Crippen molar-refractivity contribution in [2.75, 3.05) is 31.2 Å². The molecular weight excluding hydrogens is 242 g/mol. The molecule has 2 rings (SSSR count). The molecule has 1 saturated heterocycles. The molecule has 1 unspecified atom stereocenters. The molecular formula is C14H17N3O2. The summed E-state index contributed by atoms with van der Waals surface area (Å²) in [7, 11) is 0. The van der Waals surface area contributed by atoms with Crippen molar-refractivity contribution >= 4 is 11.6 Å². The second kappa shape index (κ2) is 6.21. The Bertz CT molecular complexity index is 472. The van der Waals surface area contributed by atoms with E-state index in [4.69, 9.17) is 15.7 Å². The topological polar surface area (TPSA) is 79.3 Å². The maximum Gasteiger partial charge on any atom is 0.235 e. The number of benzene rings is 1. The standard InChI is InChI=1S/C14H17N3O2/c15-10-12(14(16)18)9-11-1-3-13(4-2-11)17-5-7-19-8-6-17/h1-4,12H,5-9H2,(H2,16,18). The lowest BCUT2D eigenvalue weighted by Crippen LogP contribution is -2.36. The van der Waals surface area contributed by atoms with E-state index in [0.29, 0.717) is 6.42 Å². The van der Waals surface area contributed by atoms with Gasteiger partial charge in [0.15, 0.2) is 0 Å². The molecule has 0 aliphatic carbocycles. The SMILES string of the molecule is N#CC(Cc1ccc(N2CCOCC2)cc1)C(N)=O. The van der Waals surface area contributed by atoms with Crippen molar-refractivity contribution in [2.24, 2.45) is 11.7 Å². The molecule has 0 bridgehead atoms. The van der Waals surface area contributed by atoms with Crippen molar-refractivity contribution < 1.29 is 9.53 Å². The molecule has 0 aromatic heterocycles. The second-order valence-electron chi connectivity index (χ2n) is 4.55. The smallest absolute Gasteiger partial charge is 0.235 e. The number of nitriles is 1. The Kier molecular flexibility index (Phi) is 4.37. The van der Waals surface area contributed by atoms with Crippen LogP contribution in [0.15, 0.2) is 24.3 Å². The summed E-state index contributed by atoms with van der Waals surface area (Å²) < 4.78 is 5.31. The molecule has 0 spiro atoms. The van der Waals surface area contributed by atoms with E-state index >= 15 is 0 Å². The van der Waals surface area contributed by atoms with Crippen LogP contribution in [-0.2, 0) is 16.0 Å². The summed E-state index contributed by atoms with van der Waals surface area (Å²) in [5.41, 5.74) is 7.24. The molecule has 1 aromatic carbocycles. The Balaban J connectivity index is 2.02. The predicted octanol–water partition coefficient (Wildman–Crippen LogP) is 0.691. The van der Waals surface area contributed by atoms with Crippen molar-refractivity contribution in [3.05, 3.63) is 29.8 Å². The fraction of sp³-hybridized carbons (Fsp3) is 0.429. The van der Waals surface area contributed by atoms with Crippen LogP contribution in [0.25, 0.3) is 0 Å². The van der Waals surface area contributed by atoms with Gasteiger partial charge in [0.05, 0.1) is 19.3 Å². The number of anilines is 1. The molecule has 2 N–H and O–H groups in total. The number of rotatable bonds is 4. The van der Waals surface area contributed by atoms with Crippen molar-refractivity contribution in [1.82, 2.24) is 0 Å². The van der Waals surface area contributed by atoms with E-state index < -0.39 is 11.8 Å².